The standard InChI is InChI=1S/C19H14F2N2O3/c20-11-6-7-13(21)14(9-11)22-18(25)15-17(24)12-5-1-3-10-4-2-8-23(16(10)12)19(15)26/h1,3,5-7,9,24H,2,4,8H2,(H,22,25). The third kappa shape index (κ3) is 2.44. The zero-order valence-corrected chi connectivity index (χ0v) is 13.6. The van der Waals surface area contributed by atoms with Crippen LogP contribution in [0.1, 0.15) is 22.3 Å². The van der Waals surface area contributed by atoms with E-state index >= 15 is 0 Å². The van der Waals surface area contributed by atoms with Gasteiger partial charge in [0.2, 0.25) is 0 Å². The summed E-state index contributed by atoms with van der Waals surface area (Å²) in [6, 6.07) is 7.83. The second-order valence-electron chi connectivity index (χ2n) is 6.18. The van der Waals surface area contributed by atoms with Crippen molar-refractivity contribution in [2.45, 2.75) is 19.4 Å². The number of carbonyl (C=O) groups is 1. The Morgan fingerprint density at radius 1 is 1.19 bits per heavy atom. The second-order valence-corrected chi connectivity index (χ2v) is 6.18. The first-order valence-electron chi connectivity index (χ1n) is 8.11. The summed E-state index contributed by atoms with van der Waals surface area (Å²) in [6.45, 7) is 0.418. The fourth-order valence-corrected chi connectivity index (χ4v) is 3.40. The summed E-state index contributed by atoms with van der Waals surface area (Å²) in [5.41, 5.74) is -0.0167. The molecule has 2 aromatic carbocycles. The summed E-state index contributed by atoms with van der Waals surface area (Å²) in [7, 11) is 0. The summed E-state index contributed by atoms with van der Waals surface area (Å²) in [5, 5.41) is 13.1. The molecule has 2 heterocycles. The Kier molecular flexibility index (Phi) is 3.72. The Bertz CT molecular complexity index is 1120. The van der Waals surface area contributed by atoms with Crippen LogP contribution in [-0.2, 0) is 13.0 Å². The monoisotopic (exact) mass is 356 g/mol. The third-order valence-corrected chi connectivity index (χ3v) is 4.57. The lowest BCUT2D eigenvalue weighted by molar-refractivity contribution is 0.102. The van der Waals surface area contributed by atoms with Gasteiger partial charge in [-0.3, -0.25) is 9.59 Å². The molecule has 26 heavy (non-hydrogen) atoms. The zero-order chi connectivity index (χ0) is 18.4. The third-order valence-electron chi connectivity index (χ3n) is 4.57. The van der Waals surface area contributed by atoms with Crippen LogP contribution in [0.5, 0.6) is 5.75 Å². The minimum atomic E-state index is -0.987. The van der Waals surface area contributed by atoms with E-state index in [-0.39, 0.29) is 0 Å². The number of amides is 1. The van der Waals surface area contributed by atoms with E-state index < -0.39 is 40.1 Å². The molecule has 1 aliphatic rings. The topological polar surface area (TPSA) is 71.3 Å². The summed E-state index contributed by atoms with van der Waals surface area (Å²) in [6.07, 6.45) is 1.51. The molecule has 7 heteroatoms. The molecule has 1 aromatic heterocycles. The van der Waals surface area contributed by atoms with Crippen molar-refractivity contribution in [1.29, 1.82) is 0 Å². The highest BCUT2D eigenvalue weighted by Crippen LogP contribution is 2.32. The van der Waals surface area contributed by atoms with Crippen molar-refractivity contribution >= 4 is 22.5 Å². The van der Waals surface area contributed by atoms with E-state index in [1.165, 1.54) is 4.57 Å². The van der Waals surface area contributed by atoms with Gasteiger partial charge in [0.05, 0.1) is 11.2 Å². The lowest BCUT2D eigenvalue weighted by Crippen LogP contribution is -2.32. The van der Waals surface area contributed by atoms with Gasteiger partial charge in [-0.25, -0.2) is 8.78 Å². The largest absolute Gasteiger partial charge is 0.506 e. The first-order valence-corrected chi connectivity index (χ1v) is 8.11. The molecule has 132 valence electrons. The molecule has 0 aliphatic carbocycles. The Morgan fingerprint density at radius 2 is 2.00 bits per heavy atom. The van der Waals surface area contributed by atoms with Crippen LogP contribution in [0.3, 0.4) is 0 Å². The average Bonchev–Trinajstić information content (AvgIpc) is 2.62. The van der Waals surface area contributed by atoms with Crippen LogP contribution in [-0.4, -0.2) is 15.6 Å². The second kappa shape index (κ2) is 5.94. The number of pyridine rings is 1. The number of carbonyl (C=O) groups excluding carboxylic acids is 1. The molecule has 0 radical (unpaired) electrons. The molecule has 0 atom stereocenters. The van der Waals surface area contributed by atoms with Crippen LogP contribution in [0.4, 0.5) is 14.5 Å². The van der Waals surface area contributed by atoms with Gasteiger partial charge in [0.25, 0.3) is 11.5 Å². The molecule has 5 nitrogen and oxygen atoms in total. The molecule has 1 amide bonds. The van der Waals surface area contributed by atoms with Gasteiger partial charge in [0, 0.05) is 18.0 Å². The van der Waals surface area contributed by atoms with E-state index in [2.05, 4.69) is 5.32 Å². The van der Waals surface area contributed by atoms with E-state index in [1.54, 1.807) is 12.1 Å². The fourth-order valence-electron chi connectivity index (χ4n) is 3.40. The van der Waals surface area contributed by atoms with Crippen molar-refractivity contribution in [2.24, 2.45) is 0 Å². The number of aryl methyl sites for hydroxylation is 2. The number of anilines is 1. The Labute approximate surface area is 146 Å². The first-order chi connectivity index (χ1) is 12.5. The molecule has 0 fully saturated rings. The maximum absolute atomic E-state index is 13.8. The maximum atomic E-state index is 13.8. The Balaban J connectivity index is 1.88. The van der Waals surface area contributed by atoms with Crippen LogP contribution in [0.15, 0.2) is 41.2 Å². The molecular weight excluding hydrogens is 342 g/mol. The SMILES string of the molecule is O=C(Nc1cc(F)ccc1F)c1c(O)c2cccc3c2n(c1=O)CCC3. The van der Waals surface area contributed by atoms with Crippen LogP contribution in [0.2, 0.25) is 0 Å². The molecule has 1 aliphatic heterocycles. The molecule has 0 unspecified atom stereocenters. The quantitative estimate of drug-likeness (QED) is 0.741. The highest BCUT2D eigenvalue weighted by atomic mass is 19.1. The van der Waals surface area contributed by atoms with Crippen molar-refractivity contribution in [3.8, 4) is 5.75 Å². The number of benzene rings is 2. The van der Waals surface area contributed by atoms with Gasteiger partial charge >= 0.3 is 0 Å². The number of aromatic hydroxyl groups is 1. The number of rotatable bonds is 2. The lowest BCUT2D eigenvalue weighted by Gasteiger charge is -2.21. The normalized spacial score (nSPS) is 13.0. The van der Waals surface area contributed by atoms with Gasteiger partial charge in [0.1, 0.15) is 22.9 Å². The minimum absolute atomic E-state index is 0.381. The lowest BCUT2D eigenvalue weighted by atomic mass is 9.99. The Morgan fingerprint density at radius 3 is 2.81 bits per heavy atom. The maximum Gasteiger partial charge on any atom is 0.267 e. The average molecular weight is 356 g/mol. The van der Waals surface area contributed by atoms with Crippen LogP contribution in [0.25, 0.3) is 10.9 Å². The molecule has 0 bridgehead atoms. The van der Waals surface area contributed by atoms with Crippen LogP contribution >= 0.6 is 0 Å². The highest BCUT2D eigenvalue weighted by Gasteiger charge is 2.25. The van der Waals surface area contributed by atoms with Crippen molar-refractivity contribution in [1.82, 2.24) is 4.57 Å². The van der Waals surface area contributed by atoms with Gasteiger partial charge in [0.15, 0.2) is 0 Å². The molecule has 0 saturated carbocycles. The van der Waals surface area contributed by atoms with E-state index in [0.29, 0.717) is 17.4 Å². The number of para-hydroxylation sites is 1. The highest BCUT2D eigenvalue weighted by molar-refractivity contribution is 6.09. The number of hydrogen-bond donors (Lipinski definition) is 2. The zero-order valence-electron chi connectivity index (χ0n) is 13.6. The van der Waals surface area contributed by atoms with Crippen molar-refractivity contribution in [3.63, 3.8) is 0 Å². The van der Waals surface area contributed by atoms with E-state index in [0.717, 1.165) is 36.6 Å². The van der Waals surface area contributed by atoms with Gasteiger partial charge in [-0.2, -0.15) is 0 Å². The predicted molar refractivity (Wildman–Crippen MR) is 92.5 cm³/mol. The van der Waals surface area contributed by atoms with Crippen LogP contribution in [0, 0.1) is 11.6 Å². The molecule has 4 rings (SSSR count). The molecule has 3 aromatic rings. The van der Waals surface area contributed by atoms with Crippen molar-refractivity contribution < 1.29 is 18.7 Å². The van der Waals surface area contributed by atoms with Gasteiger partial charge in [-0.15, -0.1) is 0 Å². The van der Waals surface area contributed by atoms with Crippen molar-refractivity contribution in [2.75, 3.05) is 5.32 Å². The van der Waals surface area contributed by atoms with Crippen molar-refractivity contribution in [3.05, 3.63) is 69.5 Å². The number of nitrogens with one attached hydrogen (secondary N) is 1. The predicted octanol–water partition coefficient (Wildman–Crippen LogP) is 3.18. The molecule has 0 saturated heterocycles. The number of halogens is 2. The first kappa shape index (κ1) is 16.3. The van der Waals surface area contributed by atoms with Gasteiger partial charge < -0.3 is 15.0 Å². The summed E-state index contributed by atoms with van der Waals surface area (Å²) in [4.78, 5) is 25.3. The molecule has 0 spiro atoms. The van der Waals surface area contributed by atoms with E-state index in [1.807, 2.05) is 6.07 Å². The number of hydrogen-bond acceptors (Lipinski definition) is 3. The number of aromatic nitrogens is 1. The van der Waals surface area contributed by atoms with Gasteiger partial charge in [-0.1, -0.05) is 12.1 Å². The Hall–Kier alpha value is -3.22. The number of nitrogens with zero attached hydrogens (tertiary/aromatic N) is 1. The van der Waals surface area contributed by atoms with E-state index in [9.17, 15) is 23.5 Å². The smallest absolute Gasteiger partial charge is 0.267 e. The van der Waals surface area contributed by atoms with Crippen LogP contribution < -0.4 is 10.9 Å². The minimum Gasteiger partial charge on any atom is -0.506 e. The van der Waals surface area contributed by atoms with Gasteiger partial charge in [-0.05, 0) is 36.6 Å². The summed E-state index contributed by atoms with van der Waals surface area (Å²) >= 11 is 0. The fraction of sp³-hybridized carbons (Fsp3) is 0.158. The summed E-state index contributed by atoms with van der Waals surface area (Å²) < 4.78 is 28.5. The molecule has 2 N–H and O–H groups in total. The van der Waals surface area contributed by atoms with E-state index in [4.69, 9.17) is 0 Å². The summed E-state index contributed by atoms with van der Waals surface area (Å²) in [5.74, 6) is -3.03. The molecular formula is C19H14F2N2O3.